The van der Waals surface area contributed by atoms with Crippen LogP contribution in [0.25, 0.3) is 16.7 Å². The van der Waals surface area contributed by atoms with Crippen molar-refractivity contribution in [2.45, 2.75) is 13.5 Å². The van der Waals surface area contributed by atoms with Crippen LogP contribution in [0.5, 0.6) is 0 Å². The van der Waals surface area contributed by atoms with E-state index in [0.29, 0.717) is 22.4 Å². The van der Waals surface area contributed by atoms with Crippen LogP contribution in [0.15, 0.2) is 47.4 Å². The van der Waals surface area contributed by atoms with E-state index in [0.717, 1.165) is 0 Å². The van der Waals surface area contributed by atoms with Crippen LogP contribution in [-0.2, 0) is 11.3 Å². The molecule has 0 unspecified atom stereocenters. The standard InChI is InChI=1S/C24H17F5N4O3/c1-2-36-24(35)12-10-33(23-14(26)8-13(25)22(30)32-23)20-15(21(12)34)19(17(28)16(27)18(20)29)31-9-11-6-4-3-5-7-11/h3-8,10,31H,2,9H2,1H3,(H2,30,32). The Bertz CT molecular complexity index is 1560. The van der Waals surface area contributed by atoms with Gasteiger partial charge in [-0.3, -0.25) is 9.36 Å². The van der Waals surface area contributed by atoms with E-state index in [1.807, 2.05) is 0 Å². The summed E-state index contributed by atoms with van der Waals surface area (Å²) in [7, 11) is 0. The third kappa shape index (κ3) is 4.21. The van der Waals surface area contributed by atoms with Crippen LogP contribution in [0.1, 0.15) is 22.8 Å². The third-order valence-corrected chi connectivity index (χ3v) is 5.24. The molecule has 2 aromatic heterocycles. The summed E-state index contributed by atoms with van der Waals surface area (Å²) in [4.78, 5) is 29.3. The van der Waals surface area contributed by atoms with E-state index in [9.17, 15) is 27.2 Å². The molecule has 0 radical (unpaired) electrons. The number of nitrogens with two attached hydrogens (primary N) is 1. The number of hydrogen-bond donors (Lipinski definition) is 2. The molecule has 7 nitrogen and oxygen atoms in total. The van der Waals surface area contributed by atoms with Crippen LogP contribution in [0.3, 0.4) is 0 Å². The average molecular weight is 504 g/mol. The highest BCUT2D eigenvalue weighted by Crippen LogP contribution is 2.33. The zero-order valence-electron chi connectivity index (χ0n) is 18.5. The Morgan fingerprint density at radius 2 is 1.75 bits per heavy atom. The van der Waals surface area contributed by atoms with E-state index in [-0.39, 0.29) is 13.2 Å². The molecule has 2 heterocycles. The SMILES string of the molecule is CCOC(=O)c1cn(-c2nc(N)c(F)cc2F)c2c(F)c(F)c(F)c(NCc3ccccc3)c2c1=O. The van der Waals surface area contributed by atoms with Gasteiger partial charge in [0.25, 0.3) is 0 Å². The first kappa shape index (κ1) is 24.6. The molecule has 2 aromatic carbocycles. The smallest absolute Gasteiger partial charge is 0.343 e. The van der Waals surface area contributed by atoms with Gasteiger partial charge >= 0.3 is 5.97 Å². The highest BCUT2D eigenvalue weighted by atomic mass is 19.2. The molecule has 0 aliphatic carbocycles. The van der Waals surface area contributed by atoms with E-state index in [4.69, 9.17) is 10.5 Å². The lowest BCUT2D eigenvalue weighted by Gasteiger charge is -2.18. The highest BCUT2D eigenvalue weighted by Gasteiger charge is 2.29. The molecule has 0 amide bonds. The third-order valence-electron chi connectivity index (χ3n) is 5.24. The summed E-state index contributed by atoms with van der Waals surface area (Å²) in [6.45, 7) is 1.15. The molecule has 0 spiro atoms. The van der Waals surface area contributed by atoms with Crippen molar-refractivity contribution < 1.29 is 31.5 Å². The summed E-state index contributed by atoms with van der Waals surface area (Å²) < 4.78 is 78.6. The van der Waals surface area contributed by atoms with Crippen LogP contribution in [0.2, 0.25) is 0 Å². The van der Waals surface area contributed by atoms with Crippen LogP contribution >= 0.6 is 0 Å². The second kappa shape index (κ2) is 9.64. The van der Waals surface area contributed by atoms with Crippen molar-refractivity contribution in [3.63, 3.8) is 0 Å². The molecule has 0 aliphatic heterocycles. The molecule has 36 heavy (non-hydrogen) atoms. The zero-order chi connectivity index (χ0) is 26.1. The van der Waals surface area contributed by atoms with Gasteiger partial charge in [0, 0.05) is 18.8 Å². The Hall–Kier alpha value is -4.48. The van der Waals surface area contributed by atoms with Gasteiger partial charge in [-0.05, 0) is 12.5 Å². The average Bonchev–Trinajstić information content (AvgIpc) is 2.86. The van der Waals surface area contributed by atoms with E-state index in [1.165, 1.54) is 6.92 Å². The fourth-order valence-corrected chi connectivity index (χ4v) is 3.60. The summed E-state index contributed by atoms with van der Waals surface area (Å²) in [6.07, 6.45) is 0.646. The van der Waals surface area contributed by atoms with Crippen LogP contribution < -0.4 is 16.5 Å². The van der Waals surface area contributed by atoms with Crippen molar-refractivity contribution in [2.75, 3.05) is 17.7 Å². The largest absolute Gasteiger partial charge is 0.462 e. The number of nitrogens with zero attached hydrogens (tertiary/aromatic N) is 2. The molecule has 0 atom stereocenters. The molecule has 0 fully saturated rings. The van der Waals surface area contributed by atoms with Gasteiger partial charge in [-0.15, -0.1) is 0 Å². The number of ether oxygens (including phenoxy) is 1. The first-order valence-corrected chi connectivity index (χ1v) is 10.5. The topological polar surface area (TPSA) is 99.2 Å². The van der Waals surface area contributed by atoms with Crippen molar-refractivity contribution in [3.05, 3.63) is 93.0 Å². The Balaban J connectivity index is 2.11. The first-order chi connectivity index (χ1) is 17.1. The maximum Gasteiger partial charge on any atom is 0.343 e. The number of rotatable bonds is 6. The van der Waals surface area contributed by atoms with Gasteiger partial charge in [-0.25, -0.2) is 31.7 Å². The molecule has 0 aliphatic rings. The van der Waals surface area contributed by atoms with Crippen LogP contribution in [-0.4, -0.2) is 22.1 Å². The quantitative estimate of drug-likeness (QED) is 0.229. The second-order valence-electron chi connectivity index (χ2n) is 7.50. The van der Waals surface area contributed by atoms with Crippen molar-refractivity contribution in [3.8, 4) is 5.82 Å². The number of carbonyl (C=O) groups excluding carboxylic acids is 1. The maximum atomic E-state index is 15.1. The van der Waals surface area contributed by atoms with E-state index < -0.39 is 74.3 Å². The first-order valence-electron chi connectivity index (χ1n) is 10.5. The lowest BCUT2D eigenvalue weighted by atomic mass is 10.1. The number of benzene rings is 2. The molecule has 186 valence electrons. The lowest BCUT2D eigenvalue weighted by molar-refractivity contribution is 0.0524. The highest BCUT2D eigenvalue weighted by molar-refractivity contribution is 5.99. The van der Waals surface area contributed by atoms with Gasteiger partial charge in [0.15, 0.2) is 40.7 Å². The predicted molar refractivity (Wildman–Crippen MR) is 121 cm³/mol. The number of carbonyl (C=O) groups is 1. The summed E-state index contributed by atoms with van der Waals surface area (Å²) in [5.41, 5.74) is 2.29. The molecule has 4 aromatic rings. The van der Waals surface area contributed by atoms with E-state index >= 15 is 4.39 Å². The molecule has 3 N–H and O–H groups in total. The number of nitrogens with one attached hydrogen (secondary N) is 1. The molecular formula is C24H17F5N4O3. The van der Waals surface area contributed by atoms with Crippen molar-refractivity contribution in [2.24, 2.45) is 0 Å². The number of fused-ring (bicyclic) bond motifs is 1. The number of aromatic nitrogens is 2. The van der Waals surface area contributed by atoms with Crippen molar-refractivity contribution in [1.29, 1.82) is 0 Å². The lowest BCUT2D eigenvalue weighted by Crippen LogP contribution is -2.24. The van der Waals surface area contributed by atoms with Crippen LogP contribution in [0, 0.1) is 29.1 Å². The summed E-state index contributed by atoms with van der Waals surface area (Å²) in [5.74, 6) is -11.1. The molecule has 12 heteroatoms. The minimum Gasteiger partial charge on any atom is -0.462 e. The van der Waals surface area contributed by atoms with Crippen LogP contribution in [0.4, 0.5) is 33.5 Å². The number of nitrogen functional groups attached to an aromatic ring is 1. The number of halogens is 5. The number of esters is 1. The Kier molecular flexibility index (Phi) is 6.60. The normalized spacial score (nSPS) is 11.1. The minimum absolute atomic E-state index is 0.128. The zero-order valence-corrected chi connectivity index (χ0v) is 18.5. The minimum atomic E-state index is -1.98. The molecule has 0 saturated carbocycles. The summed E-state index contributed by atoms with van der Waals surface area (Å²) >= 11 is 0. The van der Waals surface area contributed by atoms with Crippen molar-refractivity contribution in [1.82, 2.24) is 9.55 Å². The molecule has 0 saturated heterocycles. The maximum absolute atomic E-state index is 15.1. The van der Waals surface area contributed by atoms with E-state index in [2.05, 4.69) is 10.3 Å². The Morgan fingerprint density at radius 3 is 2.42 bits per heavy atom. The fraction of sp³-hybridized carbons (Fsp3) is 0.125. The Labute approximate surface area is 199 Å². The predicted octanol–water partition coefficient (Wildman–Crippen LogP) is 4.45. The van der Waals surface area contributed by atoms with Crippen molar-refractivity contribution >= 4 is 28.4 Å². The number of anilines is 2. The fourth-order valence-electron chi connectivity index (χ4n) is 3.60. The number of hydrogen-bond acceptors (Lipinski definition) is 6. The molecular weight excluding hydrogens is 487 g/mol. The van der Waals surface area contributed by atoms with Gasteiger partial charge in [0.05, 0.1) is 23.2 Å². The van der Waals surface area contributed by atoms with Gasteiger partial charge in [-0.1, -0.05) is 30.3 Å². The Morgan fingerprint density at radius 1 is 1.06 bits per heavy atom. The second-order valence-corrected chi connectivity index (χ2v) is 7.50. The van der Waals surface area contributed by atoms with E-state index in [1.54, 1.807) is 30.3 Å². The van der Waals surface area contributed by atoms with Gasteiger partial charge in [0.1, 0.15) is 5.56 Å². The van der Waals surface area contributed by atoms with Gasteiger partial charge in [-0.2, -0.15) is 0 Å². The molecule has 0 bridgehead atoms. The summed E-state index contributed by atoms with van der Waals surface area (Å²) in [6, 6.07) is 8.70. The summed E-state index contributed by atoms with van der Waals surface area (Å²) in [5, 5.41) is 1.72. The van der Waals surface area contributed by atoms with Gasteiger partial charge in [0.2, 0.25) is 5.43 Å². The van der Waals surface area contributed by atoms with Gasteiger partial charge < -0.3 is 15.8 Å². The number of pyridine rings is 2. The molecule has 4 rings (SSSR count). The monoisotopic (exact) mass is 504 g/mol.